The Morgan fingerprint density at radius 2 is 0.752 bits per heavy atom. The number of likely N-dealkylation sites (tertiary alicyclic amines) is 3. The van der Waals surface area contributed by atoms with Gasteiger partial charge in [-0.1, -0.05) is 48.0 Å². The third-order valence-electron chi connectivity index (χ3n) is 29.7. The molecule has 41 heteroatoms. The van der Waals surface area contributed by atoms with Crippen molar-refractivity contribution in [3.05, 3.63) is 0 Å². The predicted molar refractivity (Wildman–Crippen MR) is 530 cm³/mol. The SMILES string of the molecule is C.C.C.CC(=O)NC1(C(=O)NC(C)(C)C)[C@H](CCCB2OC(C)(C)C(C)(C)O2)C[C@@H]2[C@H]1CCN2C.CC(=O)NC1(C(=O)NC(C)(C)C)[C@H](CCCB2OC(C)(C)C(C)(C)O2)C[C@@H]2[C@H]1CCN2C(=O)OC(C)(C)C.CC(=O)NC1(C(=O)NC(C)(C)C)[C@H](CCCB2OC(C)(C)C(C)(C)O2)C[C@H]2NCC[C@H]21.CC(=O)OOC(C)=O.CN1CC[C@@H]2[C@H]1C[C@@H](CCCB(O)O)C2(N)C(=O)O.[B-]OC(C)=O.[Na+]. The molecule has 11 rings (SSSR count). The molecule has 16 atom stereocenters. The molecule has 7 heterocycles. The van der Waals surface area contributed by atoms with E-state index in [4.69, 9.17) is 48.4 Å². The third-order valence-corrected chi connectivity index (χ3v) is 29.7. The quantitative estimate of drug-likeness (QED) is 0.0263. The van der Waals surface area contributed by atoms with Crippen LogP contribution in [0.5, 0.6) is 0 Å². The summed E-state index contributed by atoms with van der Waals surface area (Å²) in [5.74, 6) is -3.50. The second-order valence-electron chi connectivity index (χ2n) is 46.2. The summed E-state index contributed by atoms with van der Waals surface area (Å²) in [4.78, 5) is 147. The maximum Gasteiger partial charge on any atom is 1.00 e. The van der Waals surface area contributed by atoms with Crippen molar-refractivity contribution in [2.24, 2.45) is 53.1 Å². The van der Waals surface area contributed by atoms with Gasteiger partial charge in [0.2, 0.25) is 41.4 Å². The van der Waals surface area contributed by atoms with Gasteiger partial charge < -0.3 is 118 Å². The molecule has 11 aliphatic rings. The Bertz CT molecular complexity index is 3960. The van der Waals surface area contributed by atoms with Crippen LogP contribution in [0.1, 0.15) is 333 Å². The molecule has 4 saturated carbocycles. The van der Waals surface area contributed by atoms with Crippen LogP contribution in [-0.4, -0.2) is 274 Å². The number of carbonyl (C=O) groups excluding carboxylic acids is 10. The molecule has 35 nitrogen and oxygen atoms in total. The van der Waals surface area contributed by atoms with Crippen LogP contribution >= 0.6 is 0 Å². The molecular formula is C96H180B5N11NaO24. The van der Waals surface area contributed by atoms with Gasteiger partial charge in [-0.15, -0.1) is 0 Å². The van der Waals surface area contributed by atoms with E-state index in [1.54, 1.807) is 4.90 Å². The minimum atomic E-state index is -1.32. The first-order valence-corrected chi connectivity index (χ1v) is 48.4. The number of aliphatic carboxylic acids is 1. The molecule has 0 aromatic rings. The number of amides is 7. The van der Waals surface area contributed by atoms with Crippen molar-refractivity contribution in [2.45, 2.75) is 460 Å². The van der Waals surface area contributed by atoms with Crippen LogP contribution in [0.4, 0.5) is 4.79 Å². The number of nitrogens with zero attached hydrogens (tertiary/aromatic N) is 3. The van der Waals surface area contributed by atoms with Crippen LogP contribution in [0.3, 0.4) is 0 Å². The number of rotatable bonds is 23. The zero-order valence-corrected chi connectivity index (χ0v) is 89.6. The van der Waals surface area contributed by atoms with Crippen molar-refractivity contribution in [3.8, 4) is 0 Å². The molecule has 3 radical (unpaired) electrons. The fraction of sp³-hybridized carbons (Fsp3) is 0.885. The predicted octanol–water partition coefficient (Wildman–Crippen LogP) is 7.86. The Labute approximate surface area is 846 Å². The Hall–Kier alpha value is -5.19. The maximum absolute atomic E-state index is 14.1. The van der Waals surface area contributed by atoms with Crippen LogP contribution < -0.4 is 72.5 Å². The van der Waals surface area contributed by atoms with Crippen LogP contribution in [0.15, 0.2) is 0 Å². The number of ether oxygens (including phenoxy) is 1. The maximum atomic E-state index is 14.1. The van der Waals surface area contributed by atoms with E-state index in [-0.39, 0.29) is 220 Å². The average molecular weight is 1950 g/mol. The van der Waals surface area contributed by atoms with Crippen molar-refractivity contribution in [3.63, 3.8) is 0 Å². The van der Waals surface area contributed by atoms with Gasteiger partial charge in [-0.25, -0.2) is 24.2 Å². The molecule has 779 valence electrons. The summed E-state index contributed by atoms with van der Waals surface area (Å²) >= 11 is 0. The van der Waals surface area contributed by atoms with Gasteiger partial charge >= 0.3 is 82.0 Å². The first-order chi connectivity index (χ1) is 60.7. The molecule has 4 aliphatic carbocycles. The van der Waals surface area contributed by atoms with E-state index in [9.17, 15) is 57.8 Å². The monoisotopic (exact) mass is 1950 g/mol. The average Bonchev–Trinajstić information content (AvgIpc) is 1.54. The van der Waals surface area contributed by atoms with E-state index in [2.05, 4.69) is 132 Å². The minimum absolute atomic E-state index is 0. The van der Waals surface area contributed by atoms with Gasteiger partial charge in [-0.2, -0.15) is 0 Å². The molecule has 7 saturated heterocycles. The smallest absolute Gasteiger partial charge is 0.793 e. The Morgan fingerprint density at radius 1 is 0.453 bits per heavy atom. The standard InChI is InChI=1S/C28H50BN3O6.C24H44BN3O4.C23H42BN3O4.C12H23BN2O4.C4H6O4.C2H3BO2.3CH4.Na/c1-18(33)30-28(22(34)31-24(2,3)4)19(13-12-15-29-37-26(8,9)27(10,11)38-29)17-21-20(28)14-16-32(21)23(35)36-25(5,6)7;1-16(29)26-24(20(30)27-21(2,3)4)17(15-19-18(24)12-14-28(19)9)11-10-13-25-31-22(5,6)23(7,8)32-25;1-15(28)26-23(19(29)27-20(2,3)4)16(14-18-17(23)11-13-25-18)10-9-12-24-30-21(5,6)22(7,8)31-24;1-15-6-4-9-10(15)7-8(3-2-5-13(18)19)12(9,14)11(16)17;1-3(5)7-8-4(2)6;1-2(4)5-3;;;;/h19-21H,12-17H2,1-11H3,(H,30,33)(H,31,34);17-19H,10-15H2,1-9H3,(H,26,29)(H,27,30);16-18,25H,9-14H2,1-8H3,(H,26,28)(H,27,29);8-10,18-19H,2-7,14H2,1H3,(H,16,17);1-2H3;1H3;3*1H4;/q;;;;;-1;;;;+1/t19-,20-,21-,28?;17-,18-,19-,24?;16-,17-,18-,23?;8-,9-,10-,12?;;;;;;/m1111....../s1. The topological polar surface area (TPSA) is 461 Å². The number of hydrogen-bond acceptors (Lipinski definition) is 27. The molecule has 0 aromatic carbocycles. The van der Waals surface area contributed by atoms with E-state index < -0.39 is 75.5 Å². The molecule has 12 N–H and O–H groups in total. The minimum Gasteiger partial charge on any atom is -0.793 e. The second-order valence-corrected chi connectivity index (χ2v) is 46.2. The Kier molecular flexibility index (Phi) is 46.7. The van der Waals surface area contributed by atoms with Gasteiger partial charge in [0.25, 0.3) is 0 Å². The summed E-state index contributed by atoms with van der Waals surface area (Å²) in [6, 6.07) is 0.642. The van der Waals surface area contributed by atoms with Gasteiger partial charge in [0.05, 0.1) is 33.6 Å². The summed E-state index contributed by atoms with van der Waals surface area (Å²) in [5, 5.41) is 49.8. The summed E-state index contributed by atoms with van der Waals surface area (Å²) in [6.07, 6.45) is 14.8. The number of carboxylic acids is 1. The normalized spacial score (nSPS) is 30.0. The fourth-order valence-electron chi connectivity index (χ4n) is 22.0. The van der Waals surface area contributed by atoms with Gasteiger partial charge in [-0.05, 0) is 326 Å². The molecule has 0 spiro atoms. The fourth-order valence-corrected chi connectivity index (χ4v) is 22.0. The Morgan fingerprint density at radius 3 is 1.07 bits per heavy atom. The summed E-state index contributed by atoms with van der Waals surface area (Å²) in [5.41, 5.74) is -1.71. The largest absolute Gasteiger partial charge is 1.00 e. The molecule has 4 unspecified atom stereocenters. The number of nitrogens with one attached hydrogen (secondary N) is 7. The van der Waals surface area contributed by atoms with E-state index in [0.29, 0.717) is 51.0 Å². The number of fused-ring (bicyclic) bond motifs is 4. The summed E-state index contributed by atoms with van der Waals surface area (Å²) in [6.45, 7) is 59.3. The second kappa shape index (κ2) is 50.1. The van der Waals surface area contributed by atoms with Gasteiger partial charge in [0.15, 0.2) is 0 Å². The Balaban J connectivity index is 0.000000595. The van der Waals surface area contributed by atoms with Crippen LogP contribution in [0.25, 0.3) is 0 Å². The van der Waals surface area contributed by atoms with Gasteiger partial charge in [-0.3, -0.25) is 38.4 Å². The first-order valence-electron chi connectivity index (χ1n) is 48.4. The summed E-state index contributed by atoms with van der Waals surface area (Å²) < 4.78 is 46.3. The van der Waals surface area contributed by atoms with Gasteiger partial charge in [0, 0.05) is 113 Å². The van der Waals surface area contributed by atoms with Crippen molar-refractivity contribution in [1.29, 1.82) is 0 Å². The molecule has 11 fully saturated rings. The number of carbonyl (C=O) groups is 11. The zero-order chi connectivity index (χ0) is 101. The van der Waals surface area contributed by atoms with Crippen LogP contribution in [0, 0.1) is 47.3 Å². The van der Waals surface area contributed by atoms with E-state index in [1.165, 1.54) is 27.7 Å². The van der Waals surface area contributed by atoms with Crippen molar-refractivity contribution in [2.75, 3.05) is 40.3 Å². The van der Waals surface area contributed by atoms with Gasteiger partial charge in [0.1, 0.15) is 27.8 Å². The van der Waals surface area contributed by atoms with Crippen molar-refractivity contribution < 1.29 is 145 Å². The van der Waals surface area contributed by atoms with Crippen molar-refractivity contribution >= 4 is 102 Å². The van der Waals surface area contributed by atoms with Crippen LogP contribution in [0.2, 0.25) is 25.3 Å². The zero-order valence-electron chi connectivity index (χ0n) is 87.6. The summed E-state index contributed by atoms with van der Waals surface area (Å²) in [7, 11) is 6.37. The van der Waals surface area contributed by atoms with E-state index in [1.807, 2.05) is 118 Å². The molecular weight excluding hydrogens is 1770 g/mol. The molecule has 0 aromatic heterocycles. The molecule has 7 aliphatic heterocycles. The number of nitrogens with two attached hydrogens (primary N) is 1. The third kappa shape index (κ3) is 32.4. The molecule has 0 bridgehead atoms. The first kappa shape index (κ1) is 128. The number of carboxylic acid groups (broad SMARTS) is 1. The van der Waals surface area contributed by atoms with Crippen molar-refractivity contribution in [1.82, 2.24) is 51.9 Å². The number of hydrogen-bond donors (Lipinski definition) is 11. The molecule has 137 heavy (non-hydrogen) atoms. The van der Waals surface area contributed by atoms with E-state index in [0.717, 1.165) is 117 Å². The van der Waals surface area contributed by atoms with Crippen LogP contribution in [-0.2, 0) is 95.0 Å². The van der Waals surface area contributed by atoms with E-state index >= 15 is 0 Å². The molecule has 7 amide bonds.